The molecule has 132 valence electrons. The zero-order valence-corrected chi connectivity index (χ0v) is 15.3. The summed E-state index contributed by atoms with van der Waals surface area (Å²) in [5, 5.41) is 4.03. The molecule has 1 aromatic carbocycles. The second-order valence-corrected chi connectivity index (χ2v) is 6.56. The lowest BCUT2D eigenvalue weighted by molar-refractivity contribution is -0.856. The number of rotatable bonds is 6. The van der Waals surface area contributed by atoms with Crippen molar-refractivity contribution in [1.29, 1.82) is 0 Å². The summed E-state index contributed by atoms with van der Waals surface area (Å²) in [5.41, 5.74) is 2.05. The minimum absolute atomic E-state index is 0.260. The van der Waals surface area contributed by atoms with Crippen LogP contribution >= 0.6 is 12.2 Å². The van der Waals surface area contributed by atoms with Gasteiger partial charge < -0.3 is 24.6 Å². The summed E-state index contributed by atoms with van der Waals surface area (Å²) < 4.78 is 10.9. The Hall–Kier alpha value is -2.38. The number of quaternary nitrogens is 1. The van der Waals surface area contributed by atoms with Crippen LogP contribution in [-0.4, -0.2) is 44.1 Å². The van der Waals surface area contributed by atoms with Crippen molar-refractivity contribution in [1.82, 2.24) is 10.3 Å². The fraction of sp³-hybridized carbons (Fsp3) is 0.333. The van der Waals surface area contributed by atoms with Crippen LogP contribution in [0, 0.1) is 0 Å². The molecule has 1 aromatic heterocycles. The highest BCUT2D eigenvalue weighted by atomic mass is 32.1. The van der Waals surface area contributed by atoms with Gasteiger partial charge in [-0.25, -0.2) is 0 Å². The van der Waals surface area contributed by atoms with E-state index in [1.165, 1.54) is 4.90 Å². The molecule has 3 rings (SSSR count). The van der Waals surface area contributed by atoms with Crippen molar-refractivity contribution in [2.24, 2.45) is 0 Å². The number of aromatic nitrogens is 1. The fourth-order valence-corrected chi connectivity index (χ4v) is 2.79. The first-order valence-electron chi connectivity index (χ1n) is 8.26. The number of anilines is 1. The van der Waals surface area contributed by atoms with E-state index >= 15 is 0 Å². The molecule has 1 aliphatic rings. The third kappa shape index (κ3) is 4.58. The second kappa shape index (κ2) is 8.13. The van der Waals surface area contributed by atoms with Gasteiger partial charge in [0.1, 0.15) is 0 Å². The molecule has 0 atom stereocenters. The summed E-state index contributed by atoms with van der Waals surface area (Å²) in [4.78, 5) is 7.62. The van der Waals surface area contributed by atoms with Crippen molar-refractivity contribution in [3.8, 4) is 11.5 Å². The van der Waals surface area contributed by atoms with E-state index in [0.29, 0.717) is 11.7 Å². The highest BCUT2D eigenvalue weighted by Gasteiger charge is 2.19. The van der Waals surface area contributed by atoms with Gasteiger partial charge in [-0.1, -0.05) is 6.07 Å². The van der Waals surface area contributed by atoms with Gasteiger partial charge in [0.25, 0.3) is 0 Å². The van der Waals surface area contributed by atoms with E-state index in [1.54, 1.807) is 6.20 Å². The van der Waals surface area contributed by atoms with Gasteiger partial charge in [-0.05, 0) is 36.0 Å². The van der Waals surface area contributed by atoms with E-state index in [4.69, 9.17) is 21.7 Å². The van der Waals surface area contributed by atoms with Crippen molar-refractivity contribution in [3.63, 3.8) is 0 Å². The van der Waals surface area contributed by atoms with Crippen LogP contribution in [0.15, 0.2) is 42.7 Å². The molecule has 0 saturated heterocycles. The third-order valence-corrected chi connectivity index (χ3v) is 4.24. The van der Waals surface area contributed by atoms with Crippen LogP contribution in [0.2, 0.25) is 0 Å². The Kier molecular flexibility index (Phi) is 5.67. The third-order valence-electron chi connectivity index (χ3n) is 3.88. The number of nitrogens with zero attached hydrogens (tertiary/aromatic N) is 2. The lowest BCUT2D eigenvalue weighted by Crippen LogP contribution is -3.06. The van der Waals surface area contributed by atoms with E-state index in [0.717, 1.165) is 35.8 Å². The number of pyridine rings is 1. The maximum absolute atomic E-state index is 5.65. The Morgan fingerprint density at radius 3 is 2.88 bits per heavy atom. The van der Waals surface area contributed by atoms with E-state index in [9.17, 15) is 0 Å². The molecule has 0 saturated carbocycles. The molecule has 0 amide bonds. The number of ether oxygens (including phenoxy) is 2. The van der Waals surface area contributed by atoms with Crippen LogP contribution in [0.25, 0.3) is 0 Å². The molecule has 0 radical (unpaired) electrons. The summed E-state index contributed by atoms with van der Waals surface area (Å²) in [6.07, 6.45) is 3.62. The van der Waals surface area contributed by atoms with Crippen LogP contribution < -0.4 is 24.6 Å². The van der Waals surface area contributed by atoms with Crippen LogP contribution in [0.1, 0.15) is 5.56 Å². The maximum Gasteiger partial charge on any atom is 0.231 e. The Morgan fingerprint density at radius 2 is 2.12 bits per heavy atom. The molecule has 1 aliphatic heterocycles. The number of likely N-dealkylation sites (N-methyl/N-ethyl adjacent to an activating group) is 1. The Balaban J connectivity index is 1.79. The molecule has 2 aromatic rings. The average molecular weight is 359 g/mol. The summed E-state index contributed by atoms with van der Waals surface area (Å²) >= 11 is 5.65. The first-order chi connectivity index (χ1) is 12.1. The number of hydrogen-bond acceptors (Lipinski definition) is 4. The molecule has 25 heavy (non-hydrogen) atoms. The van der Waals surface area contributed by atoms with Gasteiger partial charge in [0.2, 0.25) is 6.79 Å². The molecular formula is C18H23N4O2S+. The Morgan fingerprint density at radius 1 is 1.28 bits per heavy atom. The number of fused-ring (bicyclic) bond motifs is 1. The molecule has 6 nitrogen and oxygen atoms in total. The Labute approximate surface area is 153 Å². The van der Waals surface area contributed by atoms with Crippen molar-refractivity contribution < 1.29 is 14.4 Å². The first kappa shape index (κ1) is 17.4. The predicted octanol–water partition coefficient (Wildman–Crippen LogP) is 0.836. The standard InChI is InChI=1S/C18H22N4O2S/c1-21(2)9-8-20-18(25)22(12-14-4-3-7-19-11-14)15-5-6-16-17(10-15)24-13-23-16/h3-7,10-11H,8-9,12-13H2,1-2H3,(H,20,25)/p+1. The predicted molar refractivity (Wildman–Crippen MR) is 101 cm³/mol. The van der Waals surface area contributed by atoms with Crippen molar-refractivity contribution in [2.45, 2.75) is 6.54 Å². The SMILES string of the molecule is C[NH+](C)CCNC(=S)N(Cc1cccnc1)c1ccc2c(c1)OCO2. The van der Waals surface area contributed by atoms with Crippen LogP contribution in [-0.2, 0) is 6.54 Å². The molecule has 2 N–H and O–H groups in total. The highest BCUT2D eigenvalue weighted by Crippen LogP contribution is 2.35. The first-order valence-corrected chi connectivity index (χ1v) is 8.67. The fourth-order valence-electron chi connectivity index (χ4n) is 2.52. The zero-order chi connectivity index (χ0) is 17.6. The van der Waals surface area contributed by atoms with Crippen molar-refractivity contribution in [3.05, 3.63) is 48.3 Å². The molecule has 0 spiro atoms. The van der Waals surface area contributed by atoms with E-state index in [2.05, 4.69) is 29.3 Å². The van der Waals surface area contributed by atoms with Crippen LogP contribution in [0.3, 0.4) is 0 Å². The molecular weight excluding hydrogens is 336 g/mol. The summed E-state index contributed by atoms with van der Waals surface area (Å²) in [6, 6.07) is 9.85. The van der Waals surface area contributed by atoms with Crippen molar-refractivity contribution in [2.75, 3.05) is 38.9 Å². The molecule has 7 heteroatoms. The van der Waals surface area contributed by atoms with Gasteiger partial charge >= 0.3 is 0 Å². The van der Waals surface area contributed by atoms with Gasteiger partial charge in [0.05, 0.1) is 33.7 Å². The molecule has 2 heterocycles. The monoisotopic (exact) mass is 359 g/mol. The molecule has 0 bridgehead atoms. The van der Waals surface area contributed by atoms with Gasteiger partial charge in [-0.3, -0.25) is 4.98 Å². The summed E-state index contributed by atoms with van der Waals surface area (Å²) in [6.45, 7) is 2.70. The molecule has 0 fully saturated rings. The minimum atomic E-state index is 0.260. The number of hydrogen-bond donors (Lipinski definition) is 2. The lowest BCUT2D eigenvalue weighted by Gasteiger charge is -2.26. The largest absolute Gasteiger partial charge is 0.454 e. The normalized spacial score (nSPS) is 12.3. The summed E-state index contributed by atoms with van der Waals surface area (Å²) in [7, 11) is 4.24. The molecule has 0 aliphatic carbocycles. The van der Waals surface area contributed by atoms with Crippen molar-refractivity contribution >= 4 is 23.0 Å². The lowest BCUT2D eigenvalue weighted by atomic mass is 10.2. The zero-order valence-electron chi connectivity index (χ0n) is 14.5. The smallest absolute Gasteiger partial charge is 0.231 e. The van der Waals surface area contributed by atoms with Crippen LogP contribution in [0.5, 0.6) is 11.5 Å². The Bertz CT molecular complexity index is 724. The average Bonchev–Trinajstić information content (AvgIpc) is 3.07. The topological polar surface area (TPSA) is 51.1 Å². The minimum Gasteiger partial charge on any atom is -0.454 e. The van der Waals surface area contributed by atoms with Gasteiger partial charge in [-0.2, -0.15) is 0 Å². The highest BCUT2D eigenvalue weighted by molar-refractivity contribution is 7.80. The van der Waals surface area contributed by atoms with E-state index in [-0.39, 0.29) is 6.79 Å². The van der Waals surface area contributed by atoms with Gasteiger partial charge in [-0.15, -0.1) is 0 Å². The molecule has 0 unspecified atom stereocenters. The van der Waals surface area contributed by atoms with E-state index in [1.807, 2.05) is 36.5 Å². The number of nitrogens with one attached hydrogen (secondary N) is 2. The number of thiocarbonyl (C=S) groups is 1. The second-order valence-electron chi connectivity index (χ2n) is 6.17. The van der Waals surface area contributed by atoms with Crippen LogP contribution in [0.4, 0.5) is 5.69 Å². The summed E-state index contributed by atoms with van der Waals surface area (Å²) in [5.74, 6) is 1.51. The number of benzene rings is 1. The van der Waals surface area contributed by atoms with E-state index < -0.39 is 0 Å². The van der Waals surface area contributed by atoms with Gasteiger partial charge in [0, 0.05) is 24.1 Å². The maximum atomic E-state index is 5.65. The quantitative estimate of drug-likeness (QED) is 0.746. The van der Waals surface area contributed by atoms with Gasteiger partial charge in [0.15, 0.2) is 16.6 Å².